The van der Waals surface area contributed by atoms with Crippen LogP contribution in [0.5, 0.6) is 5.75 Å². The van der Waals surface area contributed by atoms with Crippen LogP contribution in [0, 0.1) is 0 Å². The summed E-state index contributed by atoms with van der Waals surface area (Å²) in [4.78, 5) is 10.8. The fourth-order valence-electron chi connectivity index (χ4n) is 3.06. The molecule has 0 amide bonds. The third-order valence-corrected chi connectivity index (χ3v) is 5.50. The zero-order valence-electron chi connectivity index (χ0n) is 14.4. The van der Waals surface area contributed by atoms with Crippen molar-refractivity contribution >= 4 is 27.4 Å². The van der Waals surface area contributed by atoms with Crippen molar-refractivity contribution in [2.45, 2.75) is 19.4 Å². The van der Waals surface area contributed by atoms with E-state index in [1.165, 1.54) is 5.56 Å². The van der Waals surface area contributed by atoms with Gasteiger partial charge in [0.15, 0.2) is 0 Å². The van der Waals surface area contributed by atoms with Crippen molar-refractivity contribution in [1.82, 2.24) is 9.97 Å². The van der Waals surface area contributed by atoms with Gasteiger partial charge in [0.25, 0.3) is 0 Å². The largest absolute Gasteiger partial charge is 0.507 e. The van der Waals surface area contributed by atoms with E-state index < -0.39 is 0 Å². The number of hydrogen-bond donors (Lipinski definition) is 2. The molecule has 2 N–H and O–H groups in total. The Kier molecular flexibility index (Phi) is 4.54. The lowest BCUT2D eigenvalue weighted by Crippen LogP contribution is -2.10. The lowest BCUT2D eigenvalue weighted by Gasteiger charge is -2.18. The highest BCUT2D eigenvalue weighted by molar-refractivity contribution is 7.22. The topological polar surface area (TPSA) is 58.0 Å². The van der Waals surface area contributed by atoms with E-state index >= 15 is 0 Å². The van der Waals surface area contributed by atoms with Crippen molar-refractivity contribution in [3.05, 3.63) is 72.6 Å². The van der Waals surface area contributed by atoms with E-state index in [0.29, 0.717) is 0 Å². The van der Waals surface area contributed by atoms with Crippen molar-refractivity contribution in [2.24, 2.45) is 0 Å². The number of anilines is 1. The van der Waals surface area contributed by atoms with Gasteiger partial charge in [-0.1, -0.05) is 49.4 Å². The Hall–Kier alpha value is -2.92. The van der Waals surface area contributed by atoms with Gasteiger partial charge in [0.1, 0.15) is 22.7 Å². The summed E-state index contributed by atoms with van der Waals surface area (Å²) in [7, 11) is 0. The summed E-state index contributed by atoms with van der Waals surface area (Å²) in [5.41, 5.74) is 2.05. The highest BCUT2D eigenvalue weighted by Crippen LogP contribution is 2.39. The molecule has 0 aliphatic heterocycles. The number of nitrogens with zero attached hydrogens (tertiary/aromatic N) is 2. The third-order valence-electron chi connectivity index (χ3n) is 4.42. The van der Waals surface area contributed by atoms with E-state index in [4.69, 9.17) is 0 Å². The first-order valence-electron chi connectivity index (χ1n) is 8.60. The Labute approximate surface area is 156 Å². The summed E-state index contributed by atoms with van der Waals surface area (Å²) < 4.78 is 0. The Bertz CT molecular complexity index is 1030. The Morgan fingerprint density at radius 2 is 1.81 bits per heavy atom. The van der Waals surface area contributed by atoms with Crippen LogP contribution in [0.1, 0.15) is 24.9 Å². The van der Waals surface area contributed by atoms with Gasteiger partial charge < -0.3 is 10.4 Å². The number of phenolic OH excluding ortho intramolecular Hbond substituents is 1. The van der Waals surface area contributed by atoms with E-state index in [0.717, 1.165) is 32.9 Å². The van der Waals surface area contributed by atoms with Crippen LogP contribution >= 0.6 is 11.3 Å². The number of aromatic hydroxyl groups is 1. The molecule has 0 saturated carbocycles. The second-order valence-electron chi connectivity index (χ2n) is 6.08. The molecule has 130 valence electrons. The Morgan fingerprint density at radius 3 is 2.58 bits per heavy atom. The Morgan fingerprint density at radius 1 is 1.04 bits per heavy atom. The Balaban J connectivity index is 1.73. The van der Waals surface area contributed by atoms with Gasteiger partial charge in [-0.25, -0.2) is 9.97 Å². The first-order chi connectivity index (χ1) is 12.8. The van der Waals surface area contributed by atoms with Crippen LogP contribution in [0.15, 0.2) is 67.0 Å². The smallest absolute Gasteiger partial charge is 0.138 e. The first-order valence-corrected chi connectivity index (χ1v) is 9.42. The van der Waals surface area contributed by atoms with Gasteiger partial charge >= 0.3 is 0 Å². The maximum absolute atomic E-state index is 10.1. The summed E-state index contributed by atoms with van der Waals surface area (Å²) in [5, 5.41) is 14.7. The van der Waals surface area contributed by atoms with Gasteiger partial charge in [0.05, 0.1) is 11.4 Å². The molecular formula is C21H19N3OS. The van der Waals surface area contributed by atoms with Crippen molar-refractivity contribution < 1.29 is 5.11 Å². The average Bonchev–Trinajstić information content (AvgIpc) is 3.12. The van der Waals surface area contributed by atoms with Crippen molar-refractivity contribution in [3.8, 4) is 16.2 Å². The number of rotatable bonds is 5. The fourth-order valence-corrected chi connectivity index (χ4v) is 4.09. The molecule has 4 nitrogen and oxygen atoms in total. The van der Waals surface area contributed by atoms with Crippen molar-refractivity contribution in [1.29, 1.82) is 0 Å². The van der Waals surface area contributed by atoms with Crippen LogP contribution in [-0.2, 0) is 0 Å². The van der Waals surface area contributed by atoms with Gasteiger partial charge in [0, 0.05) is 10.4 Å². The summed E-state index contributed by atoms with van der Waals surface area (Å²) in [5.74, 6) is 1.10. The van der Waals surface area contributed by atoms with Crippen LogP contribution in [0.3, 0.4) is 0 Å². The molecule has 5 heteroatoms. The first kappa shape index (κ1) is 16.5. The van der Waals surface area contributed by atoms with Crippen LogP contribution in [0.4, 0.5) is 5.82 Å². The van der Waals surface area contributed by atoms with E-state index in [9.17, 15) is 5.11 Å². The van der Waals surface area contributed by atoms with Crippen molar-refractivity contribution in [3.63, 3.8) is 0 Å². The third kappa shape index (κ3) is 3.13. The molecule has 0 fully saturated rings. The monoisotopic (exact) mass is 361 g/mol. The fraction of sp³-hybridized carbons (Fsp3) is 0.143. The molecule has 26 heavy (non-hydrogen) atoms. The summed E-state index contributed by atoms with van der Waals surface area (Å²) in [6.07, 6.45) is 2.54. The number of aromatic nitrogens is 2. The van der Waals surface area contributed by atoms with Crippen LogP contribution in [-0.4, -0.2) is 15.1 Å². The molecule has 0 radical (unpaired) electrons. The molecule has 1 atom stereocenters. The van der Waals surface area contributed by atoms with Crippen molar-refractivity contribution in [2.75, 3.05) is 5.32 Å². The molecule has 0 unspecified atom stereocenters. The van der Waals surface area contributed by atoms with Gasteiger partial charge in [-0.3, -0.25) is 0 Å². The van der Waals surface area contributed by atoms with E-state index in [-0.39, 0.29) is 11.8 Å². The molecule has 2 aromatic carbocycles. The standard InChI is InChI=1S/C21H19N3OS/c1-2-17(14-8-4-3-5-9-14)24-20-16-12-19(26-21(16)23-13-22-20)15-10-6-7-11-18(15)25/h3-13,17,25H,2H2,1H3,(H,22,23,24)/t17-/m1/s1. The molecular weight excluding hydrogens is 342 g/mol. The molecule has 0 saturated heterocycles. The molecule has 0 spiro atoms. The lowest BCUT2D eigenvalue weighted by atomic mass is 10.0. The van der Waals surface area contributed by atoms with Crippen LogP contribution in [0.2, 0.25) is 0 Å². The van der Waals surface area contributed by atoms with Gasteiger partial charge in [-0.15, -0.1) is 11.3 Å². The quantitative estimate of drug-likeness (QED) is 0.484. The zero-order chi connectivity index (χ0) is 17.9. The highest BCUT2D eigenvalue weighted by Gasteiger charge is 2.15. The summed E-state index contributed by atoms with van der Waals surface area (Å²) in [6.45, 7) is 2.16. The van der Waals surface area contributed by atoms with E-state index in [1.807, 2.05) is 24.3 Å². The molecule has 2 aromatic heterocycles. The number of thiophene rings is 1. The van der Waals surface area contributed by atoms with Gasteiger partial charge in [-0.05, 0) is 30.2 Å². The number of benzene rings is 2. The van der Waals surface area contributed by atoms with Gasteiger partial charge in [-0.2, -0.15) is 0 Å². The van der Waals surface area contributed by atoms with Crippen LogP contribution < -0.4 is 5.32 Å². The maximum atomic E-state index is 10.1. The predicted octanol–water partition coefficient (Wildman–Crippen LogP) is 5.63. The normalized spacial score (nSPS) is 12.2. The number of nitrogens with one attached hydrogen (secondary N) is 1. The summed E-state index contributed by atoms with van der Waals surface area (Å²) in [6, 6.07) is 20.0. The lowest BCUT2D eigenvalue weighted by molar-refractivity contribution is 0.477. The van der Waals surface area contributed by atoms with Crippen LogP contribution in [0.25, 0.3) is 20.7 Å². The summed E-state index contributed by atoms with van der Waals surface area (Å²) >= 11 is 1.56. The van der Waals surface area contributed by atoms with E-state index in [2.05, 4.69) is 52.5 Å². The molecule has 2 heterocycles. The highest BCUT2D eigenvalue weighted by atomic mass is 32.1. The zero-order valence-corrected chi connectivity index (χ0v) is 15.2. The number of hydrogen-bond acceptors (Lipinski definition) is 5. The maximum Gasteiger partial charge on any atom is 0.138 e. The molecule has 4 aromatic rings. The second-order valence-corrected chi connectivity index (χ2v) is 7.12. The minimum Gasteiger partial charge on any atom is -0.507 e. The number of phenols is 1. The molecule has 0 aliphatic carbocycles. The van der Waals surface area contributed by atoms with Gasteiger partial charge in [0.2, 0.25) is 0 Å². The minimum atomic E-state index is 0.183. The average molecular weight is 361 g/mol. The molecule has 4 rings (SSSR count). The predicted molar refractivity (Wildman–Crippen MR) is 108 cm³/mol. The number of para-hydroxylation sites is 1. The van der Waals surface area contributed by atoms with E-state index in [1.54, 1.807) is 23.7 Å². The second kappa shape index (κ2) is 7.14. The molecule has 0 aliphatic rings. The number of fused-ring (bicyclic) bond motifs is 1. The SMILES string of the molecule is CC[C@@H](Nc1ncnc2sc(-c3ccccc3O)cc12)c1ccccc1. The molecule has 0 bridgehead atoms. The minimum absolute atomic E-state index is 0.183.